The average Bonchev–Trinajstić information content (AvgIpc) is 3.36. The Labute approximate surface area is 239 Å². The van der Waals surface area contributed by atoms with E-state index in [1.807, 2.05) is 12.3 Å². The summed E-state index contributed by atoms with van der Waals surface area (Å²) in [5.41, 5.74) is 8.54. The molecule has 0 saturated heterocycles. The van der Waals surface area contributed by atoms with Crippen molar-refractivity contribution in [2.75, 3.05) is 13.1 Å². The zero-order valence-corrected chi connectivity index (χ0v) is 23.7. The SMILES string of the molecule is CC(CN(Cc1ccccn1)CC1(CCCc2ccccc2)CCc2[nH]c3ccccc3c2C1)c1ccccc1. The minimum Gasteiger partial charge on any atom is -0.358 e. The lowest BCUT2D eigenvalue weighted by Gasteiger charge is -2.42. The molecule has 0 aliphatic heterocycles. The highest BCUT2D eigenvalue weighted by atomic mass is 15.1. The van der Waals surface area contributed by atoms with Crippen LogP contribution in [0.1, 0.15) is 60.2 Å². The highest BCUT2D eigenvalue weighted by Crippen LogP contribution is 2.43. The van der Waals surface area contributed by atoms with Gasteiger partial charge in [-0.1, -0.05) is 91.9 Å². The number of aromatic amines is 1. The Morgan fingerprint density at radius 3 is 2.42 bits per heavy atom. The van der Waals surface area contributed by atoms with Gasteiger partial charge in [-0.15, -0.1) is 0 Å². The quantitative estimate of drug-likeness (QED) is 0.187. The Hall–Kier alpha value is -3.69. The molecule has 1 aliphatic rings. The Kier molecular flexibility index (Phi) is 8.11. The van der Waals surface area contributed by atoms with E-state index in [4.69, 9.17) is 4.98 Å². The first-order chi connectivity index (χ1) is 19.7. The first-order valence-corrected chi connectivity index (χ1v) is 15.0. The third-order valence-electron chi connectivity index (χ3n) is 8.95. The fraction of sp³-hybridized carbons (Fsp3) is 0.324. The predicted octanol–water partition coefficient (Wildman–Crippen LogP) is 8.37. The molecule has 0 bridgehead atoms. The zero-order valence-electron chi connectivity index (χ0n) is 23.7. The van der Waals surface area contributed by atoms with Crippen molar-refractivity contribution in [1.82, 2.24) is 14.9 Å². The Morgan fingerprint density at radius 1 is 0.875 bits per heavy atom. The predicted molar refractivity (Wildman–Crippen MR) is 167 cm³/mol. The summed E-state index contributed by atoms with van der Waals surface area (Å²) in [5.74, 6) is 0.457. The summed E-state index contributed by atoms with van der Waals surface area (Å²) in [6.45, 7) is 5.39. The molecule has 40 heavy (non-hydrogen) atoms. The number of pyridine rings is 1. The zero-order chi connectivity index (χ0) is 27.2. The van der Waals surface area contributed by atoms with E-state index in [1.54, 1.807) is 5.56 Å². The van der Waals surface area contributed by atoms with Crippen LogP contribution in [0.5, 0.6) is 0 Å². The Balaban J connectivity index is 1.29. The van der Waals surface area contributed by atoms with E-state index in [1.165, 1.54) is 47.0 Å². The van der Waals surface area contributed by atoms with Crippen molar-refractivity contribution in [2.24, 2.45) is 5.41 Å². The summed E-state index contributed by atoms with van der Waals surface area (Å²) in [7, 11) is 0. The van der Waals surface area contributed by atoms with Crippen LogP contribution in [0.3, 0.4) is 0 Å². The molecule has 2 heterocycles. The van der Waals surface area contributed by atoms with Gasteiger partial charge in [-0.25, -0.2) is 0 Å². The van der Waals surface area contributed by atoms with Gasteiger partial charge in [0.05, 0.1) is 5.69 Å². The van der Waals surface area contributed by atoms with Crippen LogP contribution >= 0.6 is 0 Å². The monoisotopic (exact) mass is 527 g/mol. The van der Waals surface area contributed by atoms with Crippen LogP contribution in [-0.4, -0.2) is 28.0 Å². The van der Waals surface area contributed by atoms with Gasteiger partial charge in [-0.05, 0) is 84.7 Å². The molecular weight excluding hydrogens is 486 g/mol. The highest BCUT2D eigenvalue weighted by Gasteiger charge is 2.37. The average molecular weight is 528 g/mol. The topological polar surface area (TPSA) is 31.9 Å². The van der Waals surface area contributed by atoms with Crippen molar-refractivity contribution in [1.29, 1.82) is 0 Å². The number of nitrogens with one attached hydrogen (secondary N) is 1. The lowest BCUT2D eigenvalue weighted by Crippen LogP contribution is -2.42. The van der Waals surface area contributed by atoms with Crippen LogP contribution in [0.15, 0.2) is 109 Å². The first kappa shape index (κ1) is 26.5. The second kappa shape index (κ2) is 12.2. The third-order valence-corrected chi connectivity index (χ3v) is 8.95. The van der Waals surface area contributed by atoms with Crippen LogP contribution in [0.4, 0.5) is 0 Å². The van der Waals surface area contributed by atoms with Crippen molar-refractivity contribution in [3.05, 3.63) is 137 Å². The number of rotatable bonds is 11. The number of fused-ring (bicyclic) bond motifs is 3. The fourth-order valence-corrected chi connectivity index (χ4v) is 6.92. The third kappa shape index (κ3) is 6.21. The van der Waals surface area contributed by atoms with Gasteiger partial charge in [-0.3, -0.25) is 9.88 Å². The summed E-state index contributed by atoms with van der Waals surface area (Å²) >= 11 is 0. The first-order valence-electron chi connectivity index (χ1n) is 15.0. The maximum Gasteiger partial charge on any atom is 0.0543 e. The number of para-hydroxylation sites is 1. The molecule has 0 radical (unpaired) electrons. The molecular formula is C37H41N3. The van der Waals surface area contributed by atoms with Gasteiger partial charge in [0, 0.05) is 42.4 Å². The fourth-order valence-electron chi connectivity index (χ4n) is 6.92. The van der Waals surface area contributed by atoms with Crippen LogP contribution in [-0.2, 0) is 25.8 Å². The minimum absolute atomic E-state index is 0.234. The van der Waals surface area contributed by atoms with E-state index in [-0.39, 0.29) is 5.41 Å². The van der Waals surface area contributed by atoms with E-state index in [9.17, 15) is 0 Å². The number of nitrogens with zero attached hydrogens (tertiary/aromatic N) is 2. The molecule has 0 saturated carbocycles. The summed E-state index contributed by atoms with van der Waals surface area (Å²) in [5, 5.41) is 1.42. The second-order valence-corrected chi connectivity index (χ2v) is 11.9. The minimum atomic E-state index is 0.234. The Bertz CT molecular complexity index is 1490. The van der Waals surface area contributed by atoms with Crippen LogP contribution in [0.25, 0.3) is 10.9 Å². The molecule has 2 atom stereocenters. The molecule has 0 fully saturated rings. The summed E-state index contributed by atoms with van der Waals surface area (Å²) in [4.78, 5) is 11.2. The molecule has 0 spiro atoms. The second-order valence-electron chi connectivity index (χ2n) is 11.9. The van der Waals surface area contributed by atoms with Gasteiger partial charge in [0.2, 0.25) is 0 Å². The van der Waals surface area contributed by atoms with Gasteiger partial charge in [0.15, 0.2) is 0 Å². The maximum atomic E-state index is 4.74. The molecule has 3 heteroatoms. The molecule has 6 rings (SSSR count). The molecule has 204 valence electrons. The summed E-state index contributed by atoms with van der Waals surface area (Å²) in [6.07, 6.45) is 9.01. The standard InChI is InChI=1S/C37H41N3/c1-29(31-16-6-3-7-17-31)26-40(27-32-18-10-11-24-38-32)28-37(22-12-15-30-13-4-2-5-14-30)23-21-36-34(25-37)33-19-8-9-20-35(33)39-36/h2-11,13-14,16-20,24,29,39H,12,15,21-23,25-28H2,1H3. The van der Waals surface area contributed by atoms with E-state index >= 15 is 0 Å². The molecule has 5 aromatic rings. The lowest BCUT2D eigenvalue weighted by molar-refractivity contribution is 0.108. The van der Waals surface area contributed by atoms with Crippen molar-refractivity contribution >= 4 is 10.9 Å². The highest BCUT2D eigenvalue weighted by molar-refractivity contribution is 5.85. The number of aromatic nitrogens is 2. The largest absolute Gasteiger partial charge is 0.358 e. The van der Waals surface area contributed by atoms with Gasteiger partial charge < -0.3 is 4.98 Å². The van der Waals surface area contributed by atoms with Gasteiger partial charge in [0.1, 0.15) is 0 Å². The molecule has 1 N–H and O–H groups in total. The number of aryl methyl sites for hydroxylation is 2. The van der Waals surface area contributed by atoms with Crippen LogP contribution < -0.4 is 0 Å². The summed E-state index contributed by atoms with van der Waals surface area (Å²) < 4.78 is 0. The van der Waals surface area contributed by atoms with Crippen LogP contribution in [0.2, 0.25) is 0 Å². The van der Waals surface area contributed by atoms with Gasteiger partial charge in [0.25, 0.3) is 0 Å². The van der Waals surface area contributed by atoms with Crippen molar-refractivity contribution in [3.8, 4) is 0 Å². The summed E-state index contributed by atoms with van der Waals surface area (Å²) in [6, 6.07) is 37.2. The van der Waals surface area contributed by atoms with Gasteiger partial charge >= 0.3 is 0 Å². The number of hydrogen-bond acceptors (Lipinski definition) is 2. The number of H-pyrrole nitrogens is 1. The normalized spacial score (nSPS) is 17.6. The molecule has 0 amide bonds. The molecule has 1 aliphatic carbocycles. The van der Waals surface area contributed by atoms with Crippen molar-refractivity contribution in [2.45, 2.75) is 57.9 Å². The Morgan fingerprint density at radius 2 is 1.62 bits per heavy atom. The number of hydrogen-bond donors (Lipinski definition) is 1. The lowest BCUT2D eigenvalue weighted by atomic mass is 9.69. The molecule has 2 unspecified atom stereocenters. The molecule has 3 nitrogen and oxygen atoms in total. The van der Waals surface area contributed by atoms with Crippen LogP contribution in [0, 0.1) is 5.41 Å². The molecule has 3 aromatic carbocycles. The molecule has 2 aromatic heterocycles. The van der Waals surface area contributed by atoms with Crippen molar-refractivity contribution < 1.29 is 0 Å². The van der Waals surface area contributed by atoms with E-state index in [0.717, 1.165) is 44.6 Å². The smallest absolute Gasteiger partial charge is 0.0543 e. The van der Waals surface area contributed by atoms with E-state index in [0.29, 0.717) is 5.92 Å². The van der Waals surface area contributed by atoms with E-state index in [2.05, 4.69) is 114 Å². The van der Waals surface area contributed by atoms with Crippen molar-refractivity contribution in [3.63, 3.8) is 0 Å². The maximum absolute atomic E-state index is 4.74. The number of benzene rings is 3. The van der Waals surface area contributed by atoms with Gasteiger partial charge in [-0.2, -0.15) is 0 Å². The van der Waals surface area contributed by atoms with E-state index < -0.39 is 0 Å².